The minimum absolute atomic E-state index is 0.172. The van der Waals surface area contributed by atoms with Gasteiger partial charge in [-0.2, -0.15) is 13.2 Å². The lowest BCUT2D eigenvalue weighted by Crippen LogP contribution is -2.40. The smallest absolute Gasteiger partial charge is 0.440 e. The standard InChI is InChI=1S/C13H12F3NO3/c14-13(15,16)12(19)20-10-7-6-9(17-10)11(18)8-4-2-1-3-5-8/h1-5,9-10,17H,6-7H2. The van der Waals surface area contributed by atoms with Crippen molar-refractivity contribution in [2.45, 2.75) is 31.3 Å². The predicted molar refractivity (Wildman–Crippen MR) is 62.9 cm³/mol. The number of ether oxygens (including phenoxy) is 1. The summed E-state index contributed by atoms with van der Waals surface area (Å²) < 4.78 is 40.4. The largest absolute Gasteiger partial charge is 0.490 e. The summed E-state index contributed by atoms with van der Waals surface area (Å²) in [7, 11) is 0. The van der Waals surface area contributed by atoms with Gasteiger partial charge in [0.2, 0.25) is 0 Å². The maximum atomic E-state index is 12.1. The van der Waals surface area contributed by atoms with Crippen LogP contribution in [0.5, 0.6) is 0 Å². The highest BCUT2D eigenvalue weighted by Gasteiger charge is 2.43. The van der Waals surface area contributed by atoms with E-state index in [0.717, 1.165) is 0 Å². The number of esters is 1. The van der Waals surface area contributed by atoms with E-state index in [1.54, 1.807) is 30.3 Å². The van der Waals surface area contributed by atoms with Gasteiger partial charge in [-0.25, -0.2) is 4.79 Å². The number of carbonyl (C=O) groups excluding carboxylic acids is 2. The van der Waals surface area contributed by atoms with Crippen LogP contribution in [0.4, 0.5) is 13.2 Å². The molecule has 1 heterocycles. The fourth-order valence-corrected chi connectivity index (χ4v) is 2.01. The van der Waals surface area contributed by atoms with Crippen LogP contribution in [0.25, 0.3) is 0 Å². The summed E-state index contributed by atoms with van der Waals surface area (Å²) in [5.41, 5.74) is 0.466. The molecule has 2 rings (SSSR count). The highest BCUT2D eigenvalue weighted by molar-refractivity contribution is 6.00. The highest BCUT2D eigenvalue weighted by Crippen LogP contribution is 2.22. The van der Waals surface area contributed by atoms with Gasteiger partial charge in [-0.1, -0.05) is 30.3 Å². The van der Waals surface area contributed by atoms with E-state index in [4.69, 9.17) is 0 Å². The van der Waals surface area contributed by atoms with Gasteiger partial charge < -0.3 is 4.74 Å². The first-order valence-corrected chi connectivity index (χ1v) is 6.01. The van der Waals surface area contributed by atoms with Crippen LogP contribution < -0.4 is 5.32 Å². The van der Waals surface area contributed by atoms with E-state index in [9.17, 15) is 22.8 Å². The molecule has 1 aromatic carbocycles. The van der Waals surface area contributed by atoms with Gasteiger partial charge in [-0.05, 0) is 6.42 Å². The monoisotopic (exact) mass is 287 g/mol. The summed E-state index contributed by atoms with van der Waals surface area (Å²) in [5, 5.41) is 2.60. The minimum Gasteiger partial charge on any atom is -0.440 e. The number of hydrogen-bond donors (Lipinski definition) is 1. The Balaban J connectivity index is 1.93. The number of alkyl halides is 3. The van der Waals surface area contributed by atoms with Crippen molar-refractivity contribution in [2.24, 2.45) is 0 Å². The van der Waals surface area contributed by atoms with E-state index in [0.29, 0.717) is 12.0 Å². The molecule has 0 aromatic heterocycles. The average Bonchev–Trinajstić information content (AvgIpc) is 2.86. The van der Waals surface area contributed by atoms with Crippen LogP contribution in [0.1, 0.15) is 23.2 Å². The Morgan fingerprint density at radius 3 is 2.40 bits per heavy atom. The fourth-order valence-electron chi connectivity index (χ4n) is 2.01. The molecule has 1 aliphatic heterocycles. The number of Topliss-reactive ketones (excluding diaryl/α,β-unsaturated/α-hetero) is 1. The number of rotatable bonds is 3. The molecule has 0 saturated carbocycles. The molecular formula is C13H12F3NO3. The Bertz CT molecular complexity index is 501. The number of benzene rings is 1. The molecule has 1 saturated heterocycles. The van der Waals surface area contributed by atoms with E-state index in [2.05, 4.69) is 10.1 Å². The summed E-state index contributed by atoms with van der Waals surface area (Å²) in [6.45, 7) is 0. The minimum atomic E-state index is -5.02. The predicted octanol–water partition coefficient (Wildman–Crippen LogP) is 2.05. The number of nitrogens with one attached hydrogen (secondary N) is 1. The van der Waals surface area contributed by atoms with Crippen molar-refractivity contribution >= 4 is 11.8 Å². The molecule has 108 valence electrons. The van der Waals surface area contributed by atoms with Crippen molar-refractivity contribution in [2.75, 3.05) is 0 Å². The molecule has 1 aliphatic rings. The topological polar surface area (TPSA) is 55.4 Å². The average molecular weight is 287 g/mol. The Hall–Kier alpha value is -1.89. The Labute approximate surface area is 112 Å². The second-order valence-electron chi connectivity index (χ2n) is 4.42. The van der Waals surface area contributed by atoms with Crippen molar-refractivity contribution in [3.63, 3.8) is 0 Å². The summed E-state index contributed by atoms with van der Waals surface area (Å²) in [4.78, 5) is 22.7. The fraction of sp³-hybridized carbons (Fsp3) is 0.385. The Kier molecular flexibility index (Phi) is 4.08. The molecule has 0 radical (unpaired) electrons. The van der Waals surface area contributed by atoms with Crippen molar-refractivity contribution < 1.29 is 27.5 Å². The first kappa shape index (κ1) is 14.5. The second-order valence-corrected chi connectivity index (χ2v) is 4.42. The highest BCUT2D eigenvalue weighted by atomic mass is 19.4. The van der Waals surface area contributed by atoms with E-state index in [-0.39, 0.29) is 12.2 Å². The maximum absolute atomic E-state index is 12.1. The van der Waals surface area contributed by atoms with Crippen molar-refractivity contribution in [1.82, 2.24) is 5.32 Å². The molecular weight excluding hydrogens is 275 g/mol. The van der Waals surface area contributed by atoms with Crippen LogP contribution in [0.2, 0.25) is 0 Å². The second kappa shape index (κ2) is 5.62. The van der Waals surface area contributed by atoms with E-state index in [1.807, 2.05) is 0 Å². The van der Waals surface area contributed by atoms with Gasteiger partial charge in [0.15, 0.2) is 12.0 Å². The molecule has 1 N–H and O–H groups in total. The lowest BCUT2D eigenvalue weighted by atomic mass is 10.0. The molecule has 1 aromatic rings. The van der Waals surface area contributed by atoms with Gasteiger partial charge in [0, 0.05) is 12.0 Å². The lowest BCUT2D eigenvalue weighted by Gasteiger charge is -2.15. The third-order valence-corrected chi connectivity index (χ3v) is 2.96. The zero-order chi connectivity index (χ0) is 14.8. The van der Waals surface area contributed by atoms with Crippen LogP contribution in [0.15, 0.2) is 30.3 Å². The van der Waals surface area contributed by atoms with E-state index < -0.39 is 24.4 Å². The zero-order valence-corrected chi connectivity index (χ0v) is 10.3. The number of ketones is 1. The van der Waals surface area contributed by atoms with Crippen LogP contribution in [0, 0.1) is 0 Å². The van der Waals surface area contributed by atoms with Crippen molar-refractivity contribution in [1.29, 1.82) is 0 Å². The normalized spacial score (nSPS) is 22.6. The van der Waals surface area contributed by atoms with Crippen molar-refractivity contribution in [3.8, 4) is 0 Å². The molecule has 20 heavy (non-hydrogen) atoms. The van der Waals surface area contributed by atoms with Gasteiger partial charge in [-0.15, -0.1) is 0 Å². The summed E-state index contributed by atoms with van der Waals surface area (Å²) in [5.74, 6) is -2.47. The summed E-state index contributed by atoms with van der Waals surface area (Å²) in [6.07, 6.45) is -5.61. The molecule has 2 atom stereocenters. The lowest BCUT2D eigenvalue weighted by molar-refractivity contribution is -0.205. The Morgan fingerprint density at radius 1 is 1.15 bits per heavy atom. The number of hydrogen-bond acceptors (Lipinski definition) is 4. The van der Waals surface area contributed by atoms with Crippen LogP contribution in [0.3, 0.4) is 0 Å². The van der Waals surface area contributed by atoms with Crippen LogP contribution >= 0.6 is 0 Å². The number of carbonyl (C=O) groups is 2. The first-order chi connectivity index (χ1) is 9.38. The first-order valence-electron chi connectivity index (χ1n) is 6.01. The summed E-state index contributed by atoms with van der Waals surface area (Å²) >= 11 is 0. The van der Waals surface area contributed by atoms with Gasteiger partial charge in [0.25, 0.3) is 0 Å². The van der Waals surface area contributed by atoms with E-state index in [1.165, 1.54) is 0 Å². The Morgan fingerprint density at radius 2 is 1.80 bits per heavy atom. The van der Waals surface area contributed by atoms with Crippen LogP contribution in [-0.2, 0) is 9.53 Å². The molecule has 7 heteroatoms. The van der Waals surface area contributed by atoms with E-state index >= 15 is 0 Å². The van der Waals surface area contributed by atoms with Gasteiger partial charge >= 0.3 is 12.1 Å². The van der Waals surface area contributed by atoms with Crippen molar-refractivity contribution in [3.05, 3.63) is 35.9 Å². The quantitative estimate of drug-likeness (QED) is 0.683. The summed E-state index contributed by atoms with van der Waals surface area (Å²) in [6, 6.07) is 7.76. The molecule has 0 aliphatic carbocycles. The SMILES string of the molecule is O=C(c1ccccc1)C1CCC(OC(=O)C(F)(F)F)N1. The third kappa shape index (κ3) is 3.36. The maximum Gasteiger partial charge on any atom is 0.490 e. The molecule has 0 bridgehead atoms. The molecule has 2 unspecified atom stereocenters. The molecule has 0 spiro atoms. The van der Waals surface area contributed by atoms with Gasteiger partial charge in [0.05, 0.1) is 6.04 Å². The number of halogens is 3. The van der Waals surface area contributed by atoms with Gasteiger partial charge in [-0.3, -0.25) is 10.1 Å². The molecule has 4 nitrogen and oxygen atoms in total. The zero-order valence-electron chi connectivity index (χ0n) is 10.3. The molecule has 1 fully saturated rings. The van der Waals surface area contributed by atoms with Gasteiger partial charge in [0.1, 0.15) is 0 Å². The molecule has 0 amide bonds. The van der Waals surface area contributed by atoms with Crippen LogP contribution in [-0.4, -0.2) is 30.2 Å². The third-order valence-electron chi connectivity index (χ3n) is 2.96.